The summed E-state index contributed by atoms with van der Waals surface area (Å²) in [5.41, 5.74) is 2.33. The number of hydrogen-bond donors (Lipinski definition) is 1. The fourth-order valence-electron chi connectivity index (χ4n) is 3.44. The van der Waals surface area contributed by atoms with Gasteiger partial charge in [-0.25, -0.2) is 0 Å². The molecule has 1 heterocycles. The standard InChI is InChI=1S/C21H26N4O3/c1-17-19(8-5-9-20(17)25(27)28)22-21(26)10-11-23-12-14-24(15-13-23)16-18-6-3-2-4-7-18/h2-9H,10-16H2,1H3,(H,22,26). The molecule has 0 radical (unpaired) electrons. The van der Waals surface area contributed by atoms with Crippen LogP contribution in [-0.4, -0.2) is 53.4 Å². The summed E-state index contributed by atoms with van der Waals surface area (Å²) in [4.78, 5) is 27.6. The number of amides is 1. The van der Waals surface area contributed by atoms with Gasteiger partial charge in [0.05, 0.1) is 16.2 Å². The molecule has 0 spiro atoms. The summed E-state index contributed by atoms with van der Waals surface area (Å²) in [5.74, 6) is -0.115. The Balaban J connectivity index is 1.42. The number of nitro benzene ring substituents is 1. The summed E-state index contributed by atoms with van der Waals surface area (Å²) in [6.45, 7) is 7.16. The summed E-state index contributed by atoms with van der Waals surface area (Å²) in [5, 5.41) is 13.8. The van der Waals surface area contributed by atoms with Gasteiger partial charge in [0.2, 0.25) is 5.91 Å². The highest BCUT2D eigenvalue weighted by molar-refractivity contribution is 5.92. The van der Waals surface area contributed by atoms with Crippen molar-refractivity contribution in [2.24, 2.45) is 0 Å². The van der Waals surface area contributed by atoms with Crippen molar-refractivity contribution in [1.82, 2.24) is 9.80 Å². The molecule has 1 saturated heterocycles. The van der Waals surface area contributed by atoms with Gasteiger partial charge in [-0.1, -0.05) is 36.4 Å². The van der Waals surface area contributed by atoms with Crippen LogP contribution in [0.1, 0.15) is 17.5 Å². The predicted molar refractivity (Wildman–Crippen MR) is 109 cm³/mol. The monoisotopic (exact) mass is 382 g/mol. The maximum atomic E-state index is 12.3. The van der Waals surface area contributed by atoms with Gasteiger partial charge < -0.3 is 10.2 Å². The fraction of sp³-hybridized carbons (Fsp3) is 0.381. The lowest BCUT2D eigenvalue weighted by Crippen LogP contribution is -2.46. The van der Waals surface area contributed by atoms with Crippen molar-refractivity contribution >= 4 is 17.3 Å². The SMILES string of the molecule is Cc1c(NC(=O)CCN2CCN(Cc3ccccc3)CC2)cccc1[N+](=O)[O-]. The maximum Gasteiger partial charge on any atom is 0.274 e. The van der Waals surface area contributed by atoms with Crippen LogP contribution in [0.2, 0.25) is 0 Å². The number of rotatable bonds is 7. The lowest BCUT2D eigenvalue weighted by atomic mass is 10.1. The molecule has 7 heteroatoms. The van der Waals surface area contributed by atoms with E-state index < -0.39 is 4.92 Å². The van der Waals surface area contributed by atoms with Gasteiger partial charge in [0.15, 0.2) is 0 Å². The molecule has 0 bridgehead atoms. The molecule has 3 rings (SSSR count). The minimum Gasteiger partial charge on any atom is -0.326 e. The Bertz CT molecular complexity index is 818. The highest BCUT2D eigenvalue weighted by Crippen LogP contribution is 2.25. The first-order valence-electron chi connectivity index (χ1n) is 9.55. The lowest BCUT2D eigenvalue weighted by molar-refractivity contribution is -0.385. The molecule has 148 valence electrons. The number of carbonyl (C=O) groups excluding carboxylic acids is 1. The average molecular weight is 382 g/mol. The Morgan fingerprint density at radius 1 is 1.04 bits per heavy atom. The van der Waals surface area contributed by atoms with Gasteiger partial charge in [-0.2, -0.15) is 0 Å². The lowest BCUT2D eigenvalue weighted by Gasteiger charge is -2.34. The fourth-order valence-corrected chi connectivity index (χ4v) is 3.44. The van der Waals surface area contributed by atoms with Gasteiger partial charge in [0.25, 0.3) is 5.69 Å². The van der Waals surface area contributed by atoms with Crippen molar-refractivity contribution in [2.45, 2.75) is 19.9 Å². The molecule has 28 heavy (non-hydrogen) atoms. The van der Waals surface area contributed by atoms with Crippen molar-refractivity contribution in [1.29, 1.82) is 0 Å². The van der Waals surface area contributed by atoms with Crippen LogP contribution in [-0.2, 0) is 11.3 Å². The summed E-state index contributed by atoms with van der Waals surface area (Å²) < 4.78 is 0. The Morgan fingerprint density at radius 3 is 2.39 bits per heavy atom. The number of piperazine rings is 1. The molecule has 1 aliphatic rings. The normalized spacial score (nSPS) is 15.3. The molecule has 1 amide bonds. The zero-order valence-electron chi connectivity index (χ0n) is 16.1. The molecular weight excluding hydrogens is 356 g/mol. The van der Waals surface area contributed by atoms with Gasteiger partial charge in [0.1, 0.15) is 0 Å². The van der Waals surface area contributed by atoms with Crippen LogP contribution in [0.4, 0.5) is 11.4 Å². The van der Waals surface area contributed by atoms with E-state index in [1.54, 1.807) is 19.1 Å². The highest BCUT2D eigenvalue weighted by atomic mass is 16.6. The largest absolute Gasteiger partial charge is 0.326 e. The van der Waals surface area contributed by atoms with Crippen LogP contribution in [0, 0.1) is 17.0 Å². The predicted octanol–water partition coefficient (Wildman–Crippen LogP) is 3.05. The molecule has 1 N–H and O–H groups in total. The van der Waals surface area contributed by atoms with Crippen molar-refractivity contribution in [3.8, 4) is 0 Å². The molecule has 0 aromatic heterocycles. The molecule has 2 aromatic rings. The smallest absolute Gasteiger partial charge is 0.274 e. The van der Waals surface area contributed by atoms with Crippen LogP contribution in [0.25, 0.3) is 0 Å². The summed E-state index contributed by atoms with van der Waals surface area (Å²) >= 11 is 0. The summed E-state index contributed by atoms with van der Waals surface area (Å²) in [7, 11) is 0. The molecule has 0 aliphatic carbocycles. The van der Waals surface area contributed by atoms with Gasteiger partial charge in [0, 0.05) is 51.8 Å². The second-order valence-corrected chi connectivity index (χ2v) is 7.11. The van der Waals surface area contributed by atoms with Gasteiger partial charge >= 0.3 is 0 Å². The van der Waals surface area contributed by atoms with E-state index in [9.17, 15) is 14.9 Å². The number of nitrogens with one attached hydrogen (secondary N) is 1. The Kier molecular flexibility index (Phi) is 6.73. The average Bonchev–Trinajstić information content (AvgIpc) is 2.69. The van der Waals surface area contributed by atoms with Gasteiger partial charge in [-0.15, -0.1) is 0 Å². The van der Waals surface area contributed by atoms with Crippen LogP contribution < -0.4 is 5.32 Å². The van der Waals surface area contributed by atoms with Crippen molar-refractivity contribution in [3.05, 3.63) is 69.8 Å². The molecule has 1 fully saturated rings. The molecule has 0 saturated carbocycles. The molecular formula is C21H26N4O3. The highest BCUT2D eigenvalue weighted by Gasteiger charge is 2.18. The maximum absolute atomic E-state index is 12.3. The zero-order chi connectivity index (χ0) is 19.9. The summed E-state index contributed by atoms with van der Waals surface area (Å²) in [6, 6.07) is 15.2. The number of carbonyl (C=O) groups is 1. The van der Waals surface area contributed by atoms with E-state index in [0.717, 1.165) is 32.7 Å². The number of anilines is 1. The first-order valence-corrected chi connectivity index (χ1v) is 9.55. The third-order valence-electron chi connectivity index (χ3n) is 5.14. The van der Waals surface area contributed by atoms with Crippen molar-refractivity contribution < 1.29 is 9.72 Å². The first-order chi connectivity index (χ1) is 13.5. The minimum absolute atomic E-state index is 0.0207. The van der Waals surface area contributed by atoms with E-state index >= 15 is 0 Å². The van der Waals surface area contributed by atoms with Crippen LogP contribution in [0.3, 0.4) is 0 Å². The van der Waals surface area contributed by atoms with Crippen molar-refractivity contribution in [3.63, 3.8) is 0 Å². The summed E-state index contributed by atoms with van der Waals surface area (Å²) in [6.07, 6.45) is 0.376. The topological polar surface area (TPSA) is 78.7 Å². The molecule has 7 nitrogen and oxygen atoms in total. The van der Waals surface area contributed by atoms with Crippen LogP contribution >= 0.6 is 0 Å². The molecule has 1 aliphatic heterocycles. The van der Waals surface area contributed by atoms with E-state index in [0.29, 0.717) is 24.2 Å². The minimum atomic E-state index is -0.431. The Labute approximate surface area is 165 Å². The molecule has 0 unspecified atom stereocenters. The zero-order valence-corrected chi connectivity index (χ0v) is 16.1. The van der Waals surface area contributed by atoms with Crippen LogP contribution in [0.5, 0.6) is 0 Å². The second-order valence-electron chi connectivity index (χ2n) is 7.11. The number of benzene rings is 2. The first kappa shape index (κ1) is 20.0. The quantitative estimate of drug-likeness (QED) is 0.588. The third-order valence-corrected chi connectivity index (χ3v) is 5.14. The van der Waals surface area contributed by atoms with E-state index in [-0.39, 0.29) is 11.6 Å². The van der Waals surface area contributed by atoms with E-state index in [1.807, 2.05) is 6.07 Å². The van der Waals surface area contributed by atoms with Gasteiger partial charge in [-0.3, -0.25) is 19.8 Å². The molecule has 2 aromatic carbocycles. The second kappa shape index (κ2) is 9.43. The number of nitro groups is 1. The van der Waals surface area contributed by atoms with E-state index in [4.69, 9.17) is 0 Å². The Hall–Kier alpha value is -2.77. The molecule has 0 atom stereocenters. The third kappa shape index (κ3) is 5.37. The Morgan fingerprint density at radius 2 is 1.71 bits per heavy atom. The van der Waals surface area contributed by atoms with Crippen LogP contribution in [0.15, 0.2) is 48.5 Å². The number of nitrogens with zero attached hydrogens (tertiary/aromatic N) is 3. The number of hydrogen-bond acceptors (Lipinski definition) is 5. The van der Waals surface area contributed by atoms with E-state index in [2.05, 4.69) is 39.4 Å². The van der Waals surface area contributed by atoms with E-state index in [1.165, 1.54) is 11.6 Å². The van der Waals surface area contributed by atoms with Gasteiger partial charge in [-0.05, 0) is 18.6 Å². The van der Waals surface area contributed by atoms with Crippen molar-refractivity contribution in [2.75, 3.05) is 38.0 Å².